The summed E-state index contributed by atoms with van der Waals surface area (Å²) >= 11 is 0. The average molecular weight is 488 g/mol. The van der Waals surface area contributed by atoms with Gasteiger partial charge in [-0.25, -0.2) is 4.39 Å². The van der Waals surface area contributed by atoms with Crippen molar-refractivity contribution in [3.05, 3.63) is 95.6 Å². The number of aromatic nitrogens is 1. The third kappa shape index (κ3) is 5.76. The Labute approximate surface area is 212 Å². The van der Waals surface area contributed by atoms with Crippen molar-refractivity contribution in [2.24, 2.45) is 5.92 Å². The van der Waals surface area contributed by atoms with Gasteiger partial charge in [-0.2, -0.15) is 0 Å². The van der Waals surface area contributed by atoms with Crippen molar-refractivity contribution >= 4 is 5.91 Å². The van der Waals surface area contributed by atoms with Gasteiger partial charge >= 0.3 is 0 Å². The molecule has 3 aromatic rings. The van der Waals surface area contributed by atoms with Crippen LogP contribution in [-0.2, 0) is 13.0 Å². The maximum atomic E-state index is 14.4. The molecule has 1 aliphatic heterocycles. The summed E-state index contributed by atoms with van der Waals surface area (Å²) in [6, 6.07) is 21.4. The molecule has 0 spiro atoms. The number of halogens is 1. The zero-order chi connectivity index (χ0) is 24.9. The van der Waals surface area contributed by atoms with Gasteiger partial charge < -0.3 is 9.64 Å². The predicted molar refractivity (Wildman–Crippen MR) is 138 cm³/mol. The number of piperidine rings is 1. The molecule has 1 aliphatic carbocycles. The van der Waals surface area contributed by atoms with Gasteiger partial charge in [-0.1, -0.05) is 36.4 Å². The van der Waals surface area contributed by atoms with E-state index in [9.17, 15) is 9.18 Å². The molecule has 5 rings (SSSR count). The molecule has 1 atom stereocenters. The highest BCUT2D eigenvalue weighted by Crippen LogP contribution is 2.36. The molecule has 0 N–H and O–H groups in total. The summed E-state index contributed by atoms with van der Waals surface area (Å²) in [7, 11) is 1.60. The number of ether oxygens (including phenoxy) is 1. The Morgan fingerprint density at radius 1 is 1.06 bits per heavy atom. The number of likely N-dealkylation sites (tertiary alicyclic amines) is 1. The van der Waals surface area contributed by atoms with Crippen molar-refractivity contribution in [2.45, 2.75) is 50.7 Å². The second-order valence-electron chi connectivity index (χ2n) is 9.99. The number of rotatable bonds is 9. The van der Waals surface area contributed by atoms with Gasteiger partial charge in [-0.3, -0.25) is 14.7 Å². The molecule has 2 heterocycles. The topological polar surface area (TPSA) is 45.7 Å². The van der Waals surface area contributed by atoms with Gasteiger partial charge in [0.15, 0.2) is 0 Å². The van der Waals surface area contributed by atoms with Gasteiger partial charge in [0.1, 0.15) is 17.3 Å². The Morgan fingerprint density at radius 3 is 2.47 bits per heavy atom. The van der Waals surface area contributed by atoms with Crippen LogP contribution in [0.1, 0.15) is 47.3 Å². The van der Waals surface area contributed by atoms with Crippen LogP contribution >= 0.6 is 0 Å². The molecule has 188 valence electrons. The fourth-order valence-electron chi connectivity index (χ4n) is 5.45. The van der Waals surface area contributed by atoms with E-state index in [0.29, 0.717) is 29.5 Å². The van der Waals surface area contributed by atoms with Gasteiger partial charge in [0.05, 0.1) is 7.11 Å². The molecule has 1 saturated heterocycles. The minimum Gasteiger partial charge on any atom is -0.497 e. The van der Waals surface area contributed by atoms with Crippen LogP contribution in [0.3, 0.4) is 0 Å². The van der Waals surface area contributed by atoms with Gasteiger partial charge in [0.25, 0.3) is 5.91 Å². The molecule has 0 radical (unpaired) electrons. The number of nitrogens with zero attached hydrogens (tertiary/aromatic N) is 3. The van der Waals surface area contributed by atoms with Crippen molar-refractivity contribution in [2.75, 3.05) is 20.2 Å². The van der Waals surface area contributed by atoms with Crippen molar-refractivity contribution in [3.63, 3.8) is 0 Å². The lowest BCUT2D eigenvalue weighted by Gasteiger charge is -2.42. The average Bonchev–Trinajstić information content (AvgIpc) is 3.76. The van der Waals surface area contributed by atoms with E-state index in [4.69, 9.17) is 4.74 Å². The summed E-state index contributed by atoms with van der Waals surface area (Å²) in [5.74, 6) is 0.905. The van der Waals surface area contributed by atoms with E-state index in [2.05, 4.69) is 39.0 Å². The molecule has 0 bridgehead atoms. The normalized spacial score (nSPS) is 17.5. The fraction of sp³-hybridized carbons (Fsp3) is 0.400. The van der Waals surface area contributed by atoms with E-state index in [1.165, 1.54) is 11.6 Å². The van der Waals surface area contributed by atoms with Gasteiger partial charge in [-0.15, -0.1) is 0 Å². The lowest BCUT2D eigenvalue weighted by atomic mass is 9.84. The Morgan fingerprint density at radius 2 is 1.81 bits per heavy atom. The van der Waals surface area contributed by atoms with Crippen LogP contribution in [0.2, 0.25) is 0 Å². The highest BCUT2D eigenvalue weighted by Gasteiger charge is 2.42. The van der Waals surface area contributed by atoms with Crippen molar-refractivity contribution in [1.29, 1.82) is 0 Å². The van der Waals surface area contributed by atoms with Crippen LogP contribution in [0.4, 0.5) is 4.39 Å². The molecular formula is C30H34FN3O2. The number of methoxy groups -OCH3 is 1. The summed E-state index contributed by atoms with van der Waals surface area (Å²) in [6.45, 7) is 2.32. The zero-order valence-electron chi connectivity index (χ0n) is 20.9. The number of benzene rings is 2. The largest absolute Gasteiger partial charge is 0.497 e. The maximum Gasteiger partial charge on any atom is 0.272 e. The molecule has 6 heteroatoms. The number of carbonyl (C=O) groups is 1. The third-order valence-electron chi connectivity index (χ3n) is 7.53. The summed E-state index contributed by atoms with van der Waals surface area (Å²) in [6.07, 6.45) is 6.59. The second-order valence-corrected chi connectivity index (χ2v) is 9.99. The number of hydrogen-bond acceptors (Lipinski definition) is 4. The first-order valence-corrected chi connectivity index (χ1v) is 12.9. The number of hydrogen-bond donors (Lipinski definition) is 0. The number of pyridine rings is 1. The minimum absolute atomic E-state index is 0.0416. The van der Waals surface area contributed by atoms with E-state index in [1.54, 1.807) is 25.4 Å². The van der Waals surface area contributed by atoms with Gasteiger partial charge in [0, 0.05) is 30.4 Å². The van der Waals surface area contributed by atoms with Crippen LogP contribution in [0.25, 0.3) is 0 Å². The smallest absolute Gasteiger partial charge is 0.272 e. The Hall–Kier alpha value is -3.25. The summed E-state index contributed by atoms with van der Waals surface area (Å²) in [5, 5.41) is 0. The molecule has 2 fully saturated rings. The quantitative estimate of drug-likeness (QED) is 0.408. The fourth-order valence-corrected chi connectivity index (χ4v) is 5.45. The van der Waals surface area contributed by atoms with Crippen LogP contribution in [0, 0.1) is 11.7 Å². The van der Waals surface area contributed by atoms with Gasteiger partial charge in [-0.05, 0) is 87.0 Å². The molecule has 36 heavy (non-hydrogen) atoms. The Balaban J connectivity index is 1.34. The van der Waals surface area contributed by atoms with E-state index in [1.807, 2.05) is 24.3 Å². The summed E-state index contributed by atoms with van der Waals surface area (Å²) in [4.78, 5) is 22.5. The maximum absolute atomic E-state index is 14.4. The molecule has 5 nitrogen and oxygen atoms in total. The lowest BCUT2D eigenvalue weighted by molar-refractivity contribution is 0.0476. The van der Waals surface area contributed by atoms with Crippen LogP contribution in [0.5, 0.6) is 5.75 Å². The first-order valence-electron chi connectivity index (χ1n) is 12.9. The number of carbonyl (C=O) groups excluding carboxylic acids is 1. The van der Waals surface area contributed by atoms with Crippen LogP contribution < -0.4 is 4.74 Å². The zero-order valence-corrected chi connectivity index (χ0v) is 20.9. The Kier molecular flexibility index (Phi) is 7.61. The predicted octanol–water partition coefficient (Wildman–Crippen LogP) is 5.36. The minimum atomic E-state index is -0.194. The molecule has 2 aliphatic rings. The highest BCUT2D eigenvalue weighted by atomic mass is 19.1. The molecule has 0 unspecified atom stereocenters. The number of amides is 1. The molecule has 2 aromatic carbocycles. The first-order chi connectivity index (χ1) is 17.6. The van der Waals surface area contributed by atoms with Crippen molar-refractivity contribution in [3.8, 4) is 5.75 Å². The highest BCUT2D eigenvalue weighted by molar-refractivity contribution is 5.93. The Bertz CT molecular complexity index is 1150. The molecule has 1 amide bonds. The van der Waals surface area contributed by atoms with E-state index in [0.717, 1.165) is 45.2 Å². The van der Waals surface area contributed by atoms with E-state index < -0.39 is 0 Å². The summed E-state index contributed by atoms with van der Waals surface area (Å²) in [5.41, 5.74) is 2.44. The van der Waals surface area contributed by atoms with Crippen molar-refractivity contribution < 1.29 is 13.9 Å². The van der Waals surface area contributed by atoms with Crippen LogP contribution in [0.15, 0.2) is 72.9 Å². The lowest BCUT2D eigenvalue weighted by Crippen LogP contribution is -2.50. The van der Waals surface area contributed by atoms with Crippen molar-refractivity contribution in [1.82, 2.24) is 14.8 Å². The molecular weight excluding hydrogens is 453 g/mol. The molecule has 1 aromatic heterocycles. The van der Waals surface area contributed by atoms with Crippen LogP contribution in [-0.4, -0.2) is 53.0 Å². The first kappa shape index (κ1) is 24.4. The SMILES string of the molecule is COc1ccc(F)c(CN2CCC([C@@H](Cc3ccccc3)N(C(=O)c3ccccn3)C3CC3)CC2)c1. The second kappa shape index (κ2) is 11.2. The summed E-state index contributed by atoms with van der Waals surface area (Å²) < 4.78 is 19.7. The van der Waals surface area contributed by atoms with E-state index in [-0.39, 0.29) is 23.8 Å². The third-order valence-corrected chi connectivity index (χ3v) is 7.53. The monoisotopic (exact) mass is 487 g/mol. The standard InChI is InChI=1S/C30H34FN3O2/c1-36-26-12-13-27(31)24(20-26)21-33-17-14-23(15-18-33)29(19-22-7-3-2-4-8-22)34(25-10-11-25)30(35)28-9-5-6-16-32-28/h2-9,12-13,16,20,23,25,29H,10-11,14-15,17-19,21H2,1H3/t29-/m1/s1. The van der Waals surface area contributed by atoms with Gasteiger partial charge in [0.2, 0.25) is 0 Å². The van der Waals surface area contributed by atoms with E-state index >= 15 is 0 Å². The molecule has 1 saturated carbocycles.